The number of hydrogen-bond acceptors (Lipinski definition) is 1. The molecular weight excluding hydrogens is 172 g/mol. The van der Waals surface area contributed by atoms with Gasteiger partial charge in [-0.15, -0.1) is 0 Å². The van der Waals surface area contributed by atoms with Gasteiger partial charge in [0.2, 0.25) is 0 Å². The molecule has 68 valence electrons. The zero-order valence-electron chi connectivity index (χ0n) is 7.68. The van der Waals surface area contributed by atoms with E-state index in [1.54, 1.807) is 0 Å². The molecular formula is C13H10O. The zero-order chi connectivity index (χ0) is 9.80. The Morgan fingerprint density at radius 2 is 1.43 bits per heavy atom. The lowest BCUT2D eigenvalue weighted by molar-refractivity contribution is 0.480. The molecule has 0 saturated heterocycles. The minimum absolute atomic E-state index is 0.649. The van der Waals surface area contributed by atoms with Crippen LogP contribution in [0.3, 0.4) is 0 Å². The molecule has 0 heterocycles. The summed E-state index contributed by atoms with van der Waals surface area (Å²) in [5.74, 6) is 1.49. The van der Waals surface area contributed by atoms with Gasteiger partial charge in [0, 0.05) is 6.92 Å². The molecule has 0 bridgehead atoms. The third kappa shape index (κ3) is 1.94. The van der Waals surface area contributed by atoms with Gasteiger partial charge in [0.1, 0.15) is 11.5 Å². The van der Waals surface area contributed by atoms with E-state index in [4.69, 9.17) is 11.7 Å². The lowest BCUT2D eigenvalue weighted by atomic mass is 10.2. The van der Waals surface area contributed by atoms with Gasteiger partial charge in [-0.3, -0.25) is 0 Å². The minimum atomic E-state index is 0.649. The quantitative estimate of drug-likeness (QED) is 0.690. The van der Waals surface area contributed by atoms with Crippen LogP contribution in [0, 0.1) is 6.92 Å². The maximum atomic E-state index is 5.74. The Morgan fingerprint density at radius 1 is 0.786 bits per heavy atom. The summed E-state index contributed by atoms with van der Waals surface area (Å²) in [6, 6.07) is 17.0. The highest BCUT2D eigenvalue weighted by Gasteiger charge is 1.98. The molecule has 2 radical (unpaired) electrons. The molecule has 0 aliphatic rings. The predicted octanol–water partition coefficient (Wildman–Crippen LogP) is 3.54. The Kier molecular flexibility index (Phi) is 2.50. The molecule has 1 nitrogen and oxygen atoms in total. The molecule has 0 aliphatic carbocycles. The molecule has 0 unspecified atom stereocenters. The van der Waals surface area contributed by atoms with Gasteiger partial charge in [0.25, 0.3) is 0 Å². The first-order valence-corrected chi connectivity index (χ1v) is 4.43. The van der Waals surface area contributed by atoms with Crippen molar-refractivity contribution >= 4 is 0 Å². The SMILES string of the molecule is [CH]c1ccccc1Oc1ccccc1. The standard InChI is InChI=1S/C13H10O/c1-11-7-5-6-10-13(11)14-12-8-3-2-4-9-12/h1-10H. The second-order valence-corrected chi connectivity index (χ2v) is 2.95. The molecule has 2 aromatic rings. The summed E-state index contributed by atoms with van der Waals surface area (Å²) in [7, 11) is 0. The highest BCUT2D eigenvalue weighted by molar-refractivity contribution is 5.39. The molecule has 0 atom stereocenters. The topological polar surface area (TPSA) is 9.23 Å². The van der Waals surface area contributed by atoms with Crippen molar-refractivity contribution < 1.29 is 4.74 Å². The van der Waals surface area contributed by atoms with Gasteiger partial charge in [0.15, 0.2) is 0 Å². The third-order valence-electron chi connectivity index (χ3n) is 1.89. The minimum Gasteiger partial charge on any atom is -0.457 e. The summed E-state index contributed by atoms with van der Waals surface area (Å²) < 4.78 is 5.58. The van der Waals surface area contributed by atoms with Crippen LogP contribution >= 0.6 is 0 Å². The van der Waals surface area contributed by atoms with Crippen molar-refractivity contribution in [2.75, 3.05) is 0 Å². The van der Waals surface area contributed by atoms with E-state index in [1.165, 1.54) is 0 Å². The van der Waals surface area contributed by atoms with Crippen LogP contribution in [0.25, 0.3) is 0 Å². The van der Waals surface area contributed by atoms with Gasteiger partial charge in [0.05, 0.1) is 0 Å². The van der Waals surface area contributed by atoms with Crippen LogP contribution in [0.5, 0.6) is 11.5 Å². The lowest BCUT2D eigenvalue weighted by Crippen LogP contribution is -1.85. The zero-order valence-corrected chi connectivity index (χ0v) is 7.68. The van der Waals surface area contributed by atoms with Crippen LogP contribution in [-0.4, -0.2) is 0 Å². The van der Waals surface area contributed by atoms with Gasteiger partial charge in [-0.2, -0.15) is 0 Å². The highest BCUT2D eigenvalue weighted by atomic mass is 16.5. The smallest absolute Gasteiger partial charge is 0.130 e. The second kappa shape index (κ2) is 3.97. The molecule has 0 spiro atoms. The second-order valence-electron chi connectivity index (χ2n) is 2.95. The number of rotatable bonds is 2. The van der Waals surface area contributed by atoms with E-state index in [1.807, 2.05) is 54.6 Å². The Balaban J connectivity index is 2.24. The maximum absolute atomic E-state index is 5.74. The Labute approximate surface area is 84.0 Å². The summed E-state index contributed by atoms with van der Waals surface area (Å²) >= 11 is 0. The van der Waals surface area contributed by atoms with E-state index < -0.39 is 0 Å². The maximum Gasteiger partial charge on any atom is 0.130 e. The predicted molar refractivity (Wildman–Crippen MR) is 56.4 cm³/mol. The number of para-hydroxylation sites is 2. The van der Waals surface area contributed by atoms with E-state index >= 15 is 0 Å². The van der Waals surface area contributed by atoms with Gasteiger partial charge in [-0.1, -0.05) is 36.4 Å². The molecule has 0 aromatic heterocycles. The highest BCUT2D eigenvalue weighted by Crippen LogP contribution is 2.23. The van der Waals surface area contributed by atoms with Crippen molar-refractivity contribution in [1.29, 1.82) is 0 Å². The van der Waals surface area contributed by atoms with Crippen molar-refractivity contribution in [3.8, 4) is 11.5 Å². The number of benzene rings is 2. The molecule has 0 aliphatic heterocycles. The summed E-state index contributed by atoms with van der Waals surface area (Å²) in [4.78, 5) is 0. The molecule has 0 fully saturated rings. The normalized spacial score (nSPS) is 9.79. The first-order valence-electron chi connectivity index (χ1n) is 4.43. The van der Waals surface area contributed by atoms with Crippen molar-refractivity contribution in [3.05, 3.63) is 67.1 Å². The van der Waals surface area contributed by atoms with E-state index in [9.17, 15) is 0 Å². The van der Waals surface area contributed by atoms with Crippen LogP contribution < -0.4 is 4.74 Å². The number of ether oxygens (including phenoxy) is 1. The van der Waals surface area contributed by atoms with Gasteiger partial charge >= 0.3 is 0 Å². The molecule has 1 heteroatoms. The fraction of sp³-hybridized carbons (Fsp3) is 0. The fourth-order valence-corrected chi connectivity index (χ4v) is 1.19. The van der Waals surface area contributed by atoms with E-state index in [0.29, 0.717) is 11.3 Å². The molecule has 2 rings (SSSR count). The summed E-state index contributed by atoms with van der Waals surface area (Å²) in [6.07, 6.45) is 0. The van der Waals surface area contributed by atoms with Crippen LogP contribution in [0.15, 0.2) is 54.6 Å². The van der Waals surface area contributed by atoms with Crippen LogP contribution in [0.2, 0.25) is 0 Å². The van der Waals surface area contributed by atoms with Crippen molar-refractivity contribution in [2.45, 2.75) is 0 Å². The molecule has 0 saturated carbocycles. The van der Waals surface area contributed by atoms with Crippen molar-refractivity contribution in [3.63, 3.8) is 0 Å². The van der Waals surface area contributed by atoms with Crippen LogP contribution in [0.1, 0.15) is 5.56 Å². The van der Waals surface area contributed by atoms with Gasteiger partial charge in [-0.05, 0) is 23.8 Å². The van der Waals surface area contributed by atoms with Gasteiger partial charge < -0.3 is 4.74 Å². The molecule has 0 amide bonds. The summed E-state index contributed by atoms with van der Waals surface area (Å²) in [6.45, 7) is 5.74. The van der Waals surface area contributed by atoms with Crippen LogP contribution in [-0.2, 0) is 0 Å². The molecule has 14 heavy (non-hydrogen) atoms. The summed E-state index contributed by atoms with van der Waals surface area (Å²) in [5.41, 5.74) is 0.649. The first kappa shape index (κ1) is 8.82. The van der Waals surface area contributed by atoms with E-state index in [0.717, 1.165) is 5.75 Å². The largest absolute Gasteiger partial charge is 0.457 e. The van der Waals surface area contributed by atoms with Crippen LogP contribution in [0.4, 0.5) is 0 Å². The van der Waals surface area contributed by atoms with Crippen molar-refractivity contribution in [1.82, 2.24) is 0 Å². The first-order chi connectivity index (χ1) is 6.86. The lowest BCUT2D eigenvalue weighted by Gasteiger charge is -2.07. The molecule has 2 aromatic carbocycles. The molecule has 0 N–H and O–H groups in total. The fourth-order valence-electron chi connectivity index (χ4n) is 1.19. The Hall–Kier alpha value is -1.76. The number of hydrogen-bond donors (Lipinski definition) is 0. The average molecular weight is 182 g/mol. The van der Waals surface area contributed by atoms with Crippen molar-refractivity contribution in [2.24, 2.45) is 0 Å². The monoisotopic (exact) mass is 182 g/mol. The van der Waals surface area contributed by atoms with E-state index in [2.05, 4.69) is 0 Å². The van der Waals surface area contributed by atoms with Gasteiger partial charge in [-0.25, -0.2) is 0 Å². The Morgan fingerprint density at radius 3 is 2.14 bits per heavy atom. The summed E-state index contributed by atoms with van der Waals surface area (Å²) in [5, 5.41) is 0. The van der Waals surface area contributed by atoms with E-state index in [-0.39, 0.29) is 0 Å². The Bertz CT molecular complexity index is 407. The average Bonchev–Trinajstić information content (AvgIpc) is 2.23. The third-order valence-corrected chi connectivity index (χ3v) is 1.89.